The zero-order valence-corrected chi connectivity index (χ0v) is 29.1. The molecule has 0 unspecified atom stereocenters. The van der Waals surface area contributed by atoms with Gasteiger partial charge in [-0.3, -0.25) is 29.1 Å². The molecular weight excluding hydrogens is 696 g/mol. The number of aryl methyl sites for hydroxylation is 1. The average molecular weight is 730 g/mol. The van der Waals surface area contributed by atoms with Gasteiger partial charge in [0.15, 0.2) is 23.0 Å². The normalized spacial score (nSPS) is 24.9. The molecule has 0 aromatic heterocycles. The third-order valence-electron chi connectivity index (χ3n) is 10.8. The van der Waals surface area contributed by atoms with Crippen molar-refractivity contribution in [2.45, 2.75) is 63.8 Å². The van der Waals surface area contributed by atoms with Crippen molar-refractivity contribution in [3.05, 3.63) is 73.2 Å². The molecule has 2 bridgehead atoms. The van der Waals surface area contributed by atoms with E-state index >= 15 is 0 Å². The van der Waals surface area contributed by atoms with Crippen LogP contribution in [0.3, 0.4) is 0 Å². The van der Waals surface area contributed by atoms with E-state index < -0.39 is 42.0 Å². The summed E-state index contributed by atoms with van der Waals surface area (Å²) in [4.78, 5) is 45.8. The summed E-state index contributed by atoms with van der Waals surface area (Å²) in [6, 6.07) is 6.92. The van der Waals surface area contributed by atoms with E-state index in [9.17, 15) is 24.8 Å². The van der Waals surface area contributed by atoms with Gasteiger partial charge in [0.25, 0.3) is 11.8 Å². The van der Waals surface area contributed by atoms with E-state index in [4.69, 9.17) is 18.9 Å². The van der Waals surface area contributed by atoms with E-state index in [1.807, 2.05) is 20.0 Å². The van der Waals surface area contributed by atoms with E-state index in [1.54, 1.807) is 25.1 Å². The molecule has 0 aliphatic carbocycles. The van der Waals surface area contributed by atoms with E-state index in [0.29, 0.717) is 68.1 Å². The minimum Gasteiger partial charge on any atom is -0.504 e. The van der Waals surface area contributed by atoms with Crippen LogP contribution < -0.4 is 18.9 Å². The number of phenols is 1. The zero-order chi connectivity index (χ0) is 34.6. The van der Waals surface area contributed by atoms with Crippen LogP contribution in [0.5, 0.6) is 28.7 Å². The third-order valence-corrected chi connectivity index (χ3v) is 11.3. The minimum absolute atomic E-state index is 0.0403. The Morgan fingerprint density at radius 3 is 2.51 bits per heavy atom. The van der Waals surface area contributed by atoms with Crippen LogP contribution in [0.4, 0.5) is 0 Å². The minimum atomic E-state index is -0.760. The number of imide groups is 1. The lowest BCUT2D eigenvalue weighted by atomic mass is 9.71. The lowest BCUT2D eigenvalue weighted by Gasteiger charge is -2.60. The number of carbonyl (C=O) groups excluding carboxylic acids is 3. The molecule has 0 saturated carbocycles. The van der Waals surface area contributed by atoms with Crippen molar-refractivity contribution in [2.75, 3.05) is 27.5 Å². The molecule has 5 heterocycles. The van der Waals surface area contributed by atoms with Crippen LogP contribution >= 0.6 is 15.9 Å². The van der Waals surface area contributed by atoms with E-state index in [2.05, 4.69) is 31.8 Å². The van der Waals surface area contributed by atoms with Crippen LogP contribution in [0.2, 0.25) is 0 Å². The van der Waals surface area contributed by atoms with Crippen molar-refractivity contribution in [3.63, 3.8) is 0 Å². The molecule has 3 aromatic rings. The molecule has 13 heteroatoms. The first kappa shape index (κ1) is 31.6. The number of amides is 2. The highest BCUT2D eigenvalue weighted by molar-refractivity contribution is 9.10. The standard InChI is InChI=1S/C36H33BrN4O8/c1-15-8-18-9-23-25(12-38)41-24(29(39(23)4)27(18)30(43)31(15)46-5)11-22-28(34-33(47-14-48-34)16(2)32(22)49-17(3)42)26(41)13-40-35(44)20-7-6-19(37)10-21(20)36(40)45/h6-8,10,23-26,29,43H,9,11,13-14H2,1-5H3/t23-,24-,25-,26-,29-/m0/s1. The molecule has 5 aliphatic rings. The monoisotopic (exact) mass is 728 g/mol. The fourth-order valence-electron chi connectivity index (χ4n) is 8.89. The largest absolute Gasteiger partial charge is 0.504 e. The molecule has 0 spiro atoms. The molecule has 1 N–H and O–H groups in total. The second kappa shape index (κ2) is 11.2. The van der Waals surface area contributed by atoms with Gasteiger partial charge in [-0.15, -0.1) is 0 Å². The Hall–Kier alpha value is -4.64. The molecule has 2 amide bonds. The quantitative estimate of drug-likeness (QED) is 0.231. The Balaban J connectivity index is 1.37. The molecule has 5 atom stereocenters. The van der Waals surface area contributed by atoms with Gasteiger partial charge in [-0.2, -0.15) is 5.26 Å². The van der Waals surface area contributed by atoms with Crippen LogP contribution in [0.1, 0.15) is 73.1 Å². The summed E-state index contributed by atoms with van der Waals surface area (Å²) in [5.74, 6) is 0.181. The van der Waals surface area contributed by atoms with Crippen LogP contribution in [0.15, 0.2) is 28.7 Å². The fourth-order valence-corrected chi connectivity index (χ4v) is 9.25. The van der Waals surface area contributed by atoms with Gasteiger partial charge >= 0.3 is 5.97 Å². The van der Waals surface area contributed by atoms with Gasteiger partial charge < -0.3 is 24.1 Å². The number of hydrogen-bond donors (Lipinski definition) is 1. The second-order valence-electron chi connectivity index (χ2n) is 13.3. The third kappa shape index (κ3) is 4.36. The Labute approximate surface area is 290 Å². The summed E-state index contributed by atoms with van der Waals surface area (Å²) >= 11 is 3.42. The number of ether oxygens (including phenoxy) is 4. The van der Waals surface area contributed by atoms with Crippen molar-refractivity contribution in [1.82, 2.24) is 14.7 Å². The summed E-state index contributed by atoms with van der Waals surface area (Å²) in [5, 5.41) is 22.7. The predicted molar refractivity (Wildman–Crippen MR) is 177 cm³/mol. The van der Waals surface area contributed by atoms with Crippen molar-refractivity contribution in [2.24, 2.45) is 0 Å². The zero-order valence-electron chi connectivity index (χ0n) is 27.5. The topological polar surface area (TPSA) is 142 Å². The average Bonchev–Trinajstić information content (AvgIpc) is 3.63. The highest BCUT2D eigenvalue weighted by atomic mass is 79.9. The van der Waals surface area contributed by atoms with Crippen LogP contribution in [0, 0.1) is 25.2 Å². The lowest BCUT2D eigenvalue weighted by molar-refractivity contribution is -0.132. The highest BCUT2D eigenvalue weighted by Crippen LogP contribution is 2.58. The summed E-state index contributed by atoms with van der Waals surface area (Å²) in [5.41, 5.74) is 4.86. The van der Waals surface area contributed by atoms with Crippen molar-refractivity contribution in [3.8, 4) is 34.8 Å². The summed E-state index contributed by atoms with van der Waals surface area (Å²) in [6.45, 7) is 4.83. The SMILES string of the molecule is COc1c(C)cc2c(c1O)[C@@H]1[C@@H]3Cc4c(OC(C)=O)c(C)c5c(c4[C@H](CN4C(=O)c6ccc(Br)cc6C4=O)N3[C@@H](C#N)[C@H](C2)N1C)OCO5. The van der Waals surface area contributed by atoms with Gasteiger partial charge in [0.1, 0.15) is 11.8 Å². The summed E-state index contributed by atoms with van der Waals surface area (Å²) < 4.78 is 24.3. The molecule has 0 radical (unpaired) electrons. The van der Waals surface area contributed by atoms with Crippen molar-refractivity contribution in [1.29, 1.82) is 5.26 Å². The number of fused-ring (bicyclic) bond motifs is 10. The molecule has 1 fully saturated rings. The number of esters is 1. The highest BCUT2D eigenvalue weighted by Gasteiger charge is 2.57. The van der Waals surface area contributed by atoms with Gasteiger partial charge in [-0.25, -0.2) is 0 Å². The molecule has 3 aromatic carbocycles. The second-order valence-corrected chi connectivity index (χ2v) is 14.2. The first-order valence-corrected chi connectivity index (χ1v) is 16.8. The van der Waals surface area contributed by atoms with Crippen LogP contribution in [-0.2, 0) is 17.6 Å². The van der Waals surface area contributed by atoms with Gasteiger partial charge in [-0.05, 0) is 63.1 Å². The van der Waals surface area contributed by atoms with E-state index in [0.717, 1.165) is 11.1 Å². The molecular formula is C36H33BrN4O8. The number of methoxy groups -OCH3 is 1. The van der Waals surface area contributed by atoms with Crippen LogP contribution in [-0.4, -0.2) is 83.2 Å². The Morgan fingerprint density at radius 1 is 1.06 bits per heavy atom. The number of piperazine rings is 1. The molecule has 12 nitrogen and oxygen atoms in total. The van der Waals surface area contributed by atoms with Crippen molar-refractivity contribution >= 4 is 33.7 Å². The maximum atomic E-state index is 13.9. The van der Waals surface area contributed by atoms with Crippen LogP contribution in [0.25, 0.3) is 0 Å². The van der Waals surface area contributed by atoms with E-state index in [1.165, 1.54) is 18.9 Å². The number of likely N-dealkylation sites (N-methyl/N-ethyl adjacent to an activating group) is 1. The number of carbonyl (C=O) groups is 3. The molecule has 5 aliphatic heterocycles. The first-order chi connectivity index (χ1) is 23.5. The number of phenolic OH excluding ortho intramolecular Hbond substituents is 1. The number of halogens is 1. The first-order valence-electron chi connectivity index (χ1n) is 16.0. The van der Waals surface area contributed by atoms with Gasteiger partial charge in [0, 0.05) is 52.3 Å². The number of aromatic hydroxyl groups is 1. The number of nitrogens with zero attached hydrogens (tertiary/aromatic N) is 4. The lowest BCUT2D eigenvalue weighted by Crippen LogP contribution is -2.68. The molecule has 8 rings (SSSR count). The maximum Gasteiger partial charge on any atom is 0.308 e. The summed E-state index contributed by atoms with van der Waals surface area (Å²) in [6.07, 6.45) is 0.781. The van der Waals surface area contributed by atoms with E-state index in [-0.39, 0.29) is 30.7 Å². The van der Waals surface area contributed by atoms with Gasteiger partial charge in [0.2, 0.25) is 6.79 Å². The molecule has 1 saturated heterocycles. The Bertz CT molecular complexity index is 2060. The number of nitriles is 1. The Kier molecular flexibility index (Phi) is 7.22. The summed E-state index contributed by atoms with van der Waals surface area (Å²) in [7, 11) is 3.48. The van der Waals surface area contributed by atoms with Crippen molar-refractivity contribution < 1.29 is 38.4 Å². The molecule has 49 heavy (non-hydrogen) atoms. The smallest absolute Gasteiger partial charge is 0.308 e. The maximum absolute atomic E-state index is 13.9. The van der Waals surface area contributed by atoms with Gasteiger partial charge in [0.05, 0.1) is 36.4 Å². The number of hydrogen-bond acceptors (Lipinski definition) is 11. The number of rotatable bonds is 4. The Morgan fingerprint density at radius 2 is 1.80 bits per heavy atom. The fraction of sp³-hybridized carbons (Fsp3) is 0.389. The predicted octanol–water partition coefficient (Wildman–Crippen LogP) is 4.50. The number of benzene rings is 3. The molecule has 252 valence electrons. The van der Waals surface area contributed by atoms with Gasteiger partial charge in [-0.1, -0.05) is 22.0 Å².